The number of carbonyl (C=O) groups excluding carboxylic acids is 1. The Bertz CT molecular complexity index is 937. The van der Waals surface area contributed by atoms with E-state index in [2.05, 4.69) is 26.9 Å². The number of aromatic nitrogens is 2. The molecule has 2 saturated heterocycles. The average molecular weight is 362 g/mol. The number of nitrogens with zero attached hydrogens (tertiary/aromatic N) is 4. The van der Waals surface area contributed by atoms with E-state index < -0.39 is 0 Å². The number of allylic oxidation sites excluding steroid dienone is 1. The molecule has 0 spiro atoms. The molecule has 1 aliphatic carbocycles. The largest absolute Gasteiger partial charge is 0.371 e. The number of hydrogen-bond donors (Lipinski definition) is 0. The SMILES string of the molecule is Cc1nc2c3c(c(N4CCCCC4)ccc3n1)C(=O)C(N1CCCCC1)=C2. The van der Waals surface area contributed by atoms with Crippen LogP contribution in [0.1, 0.15) is 60.4 Å². The van der Waals surface area contributed by atoms with E-state index in [9.17, 15) is 4.79 Å². The highest BCUT2D eigenvalue weighted by Crippen LogP contribution is 2.38. The molecule has 2 fully saturated rings. The molecular formula is C22H26N4O. The molecule has 0 bridgehead atoms. The fourth-order valence-electron chi connectivity index (χ4n) is 4.79. The molecule has 5 heteroatoms. The highest BCUT2D eigenvalue weighted by Gasteiger charge is 2.31. The monoisotopic (exact) mass is 362 g/mol. The third kappa shape index (κ3) is 2.80. The van der Waals surface area contributed by atoms with Crippen LogP contribution < -0.4 is 4.90 Å². The molecule has 0 saturated carbocycles. The standard InChI is InChI=1S/C22H26N4O/c1-15-23-16-8-9-18(25-10-4-2-5-11-25)21-20(16)17(24-15)14-19(22(21)27)26-12-6-3-7-13-26/h8-9,14H,2-7,10-13H2,1H3. The van der Waals surface area contributed by atoms with Gasteiger partial charge in [0.1, 0.15) is 5.82 Å². The molecule has 3 heterocycles. The number of hydrogen-bond acceptors (Lipinski definition) is 5. The van der Waals surface area contributed by atoms with Gasteiger partial charge in [0.2, 0.25) is 5.78 Å². The molecule has 27 heavy (non-hydrogen) atoms. The Morgan fingerprint density at radius 1 is 0.852 bits per heavy atom. The average Bonchev–Trinajstić information content (AvgIpc) is 2.71. The maximum Gasteiger partial charge on any atom is 0.211 e. The molecule has 5 nitrogen and oxygen atoms in total. The van der Waals surface area contributed by atoms with Crippen molar-refractivity contribution in [3.05, 3.63) is 34.9 Å². The molecular weight excluding hydrogens is 336 g/mol. The second-order valence-corrected chi connectivity index (χ2v) is 7.96. The number of aryl methyl sites for hydroxylation is 1. The Morgan fingerprint density at radius 3 is 2.22 bits per heavy atom. The second-order valence-electron chi connectivity index (χ2n) is 7.96. The molecule has 0 radical (unpaired) electrons. The molecule has 1 aromatic carbocycles. The minimum Gasteiger partial charge on any atom is -0.371 e. The zero-order valence-corrected chi connectivity index (χ0v) is 16.0. The fraction of sp³-hybridized carbons (Fsp3) is 0.500. The van der Waals surface area contributed by atoms with Crippen LogP contribution in [-0.4, -0.2) is 46.8 Å². The summed E-state index contributed by atoms with van der Waals surface area (Å²) >= 11 is 0. The molecule has 140 valence electrons. The minimum atomic E-state index is 0.156. The van der Waals surface area contributed by atoms with Gasteiger partial charge in [-0.25, -0.2) is 9.97 Å². The van der Waals surface area contributed by atoms with Gasteiger partial charge in [0.15, 0.2) is 0 Å². The van der Waals surface area contributed by atoms with Crippen LogP contribution in [0.2, 0.25) is 0 Å². The molecule has 2 aliphatic heterocycles. The van der Waals surface area contributed by atoms with Crippen molar-refractivity contribution in [2.75, 3.05) is 31.1 Å². The molecule has 3 aliphatic rings. The predicted octanol–water partition coefficient (Wildman–Crippen LogP) is 3.95. The van der Waals surface area contributed by atoms with Crippen molar-refractivity contribution in [3.8, 4) is 0 Å². The van der Waals surface area contributed by atoms with Crippen molar-refractivity contribution >= 4 is 28.4 Å². The lowest BCUT2D eigenvalue weighted by Gasteiger charge is -2.35. The number of benzene rings is 1. The fourth-order valence-corrected chi connectivity index (χ4v) is 4.79. The van der Waals surface area contributed by atoms with Crippen molar-refractivity contribution in [1.29, 1.82) is 0 Å². The lowest BCUT2D eigenvalue weighted by Crippen LogP contribution is -2.35. The number of rotatable bonds is 2. The zero-order valence-electron chi connectivity index (χ0n) is 16.0. The van der Waals surface area contributed by atoms with E-state index >= 15 is 0 Å². The molecule has 0 unspecified atom stereocenters. The van der Waals surface area contributed by atoms with Crippen molar-refractivity contribution < 1.29 is 4.79 Å². The number of Topliss-reactive ketones (excluding diaryl/α,β-unsaturated/α-hetero) is 1. The van der Waals surface area contributed by atoms with Gasteiger partial charge in [-0.2, -0.15) is 0 Å². The summed E-state index contributed by atoms with van der Waals surface area (Å²) in [7, 11) is 0. The summed E-state index contributed by atoms with van der Waals surface area (Å²) in [6.45, 7) is 5.91. The minimum absolute atomic E-state index is 0.156. The molecule has 5 rings (SSSR count). The Balaban J connectivity index is 1.70. The van der Waals surface area contributed by atoms with Crippen LogP contribution in [0.25, 0.3) is 17.0 Å². The van der Waals surface area contributed by atoms with Gasteiger partial charge in [-0.05, 0) is 63.7 Å². The maximum absolute atomic E-state index is 13.7. The molecule has 0 atom stereocenters. The van der Waals surface area contributed by atoms with Crippen LogP contribution in [0.15, 0.2) is 17.8 Å². The topological polar surface area (TPSA) is 49.3 Å². The third-order valence-electron chi connectivity index (χ3n) is 6.11. The highest BCUT2D eigenvalue weighted by atomic mass is 16.1. The van der Waals surface area contributed by atoms with Crippen LogP contribution in [0, 0.1) is 6.92 Å². The van der Waals surface area contributed by atoms with Crippen molar-refractivity contribution in [1.82, 2.24) is 14.9 Å². The summed E-state index contributed by atoms with van der Waals surface area (Å²) in [5.41, 5.74) is 4.52. The van der Waals surface area contributed by atoms with Crippen LogP contribution >= 0.6 is 0 Å². The third-order valence-corrected chi connectivity index (χ3v) is 6.11. The first-order valence-electron chi connectivity index (χ1n) is 10.3. The van der Waals surface area contributed by atoms with Crippen LogP contribution in [0.4, 0.5) is 5.69 Å². The highest BCUT2D eigenvalue weighted by molar-refractivity contribution is 6.24. The van der Waals surface area contributed by atoms with E-state index in [1.165, 1.54) is 25.7 Å². The van der Waals surface area contributed by atoms with Gasteiger partial charge in [-0.15, -0.1) is 0 Å². The molecule has 0 N–H and O–H groups in total. The summed E-state index contributed by atoms with van der Waals surface area (Å²) in [6, 6.07) is 4.17. The Hall–Kier alpha value is -2.43. The lowest BCUT2D eigenvalue weighted by atomic mass is 9.91. The van der Waals surface area contributed by atoms with E-state index in [1.807, 2.05) is 13.0 Å². The summed E-state index contributed by atoms with van der Waals surface area (Å²) in [5.74, 6) is 0.917. The first kappa shape index (κ1) is 16.7. The van der Waals surface area contributed by atoms with Crippen molar-refractivity contribution in [2.45, 2.75) is 45.4 Å². The van der Waals surface area contributed by atoms with E-state index in [1.54, 1.807) is 0 Å². The maximum atomic E-state index is 13.7. The normalized spacial score (nSPS) is 20.2. The quantitative estimate of drug-likeness (QED) is 0.809. The van der Waals surface area contributed by atoms with Gasteiger partial charge in [0, 0.05) is 37.3 Å². The van der Waals surface area contributed by atoms with Gasteiger partial charge < -0.3 is 9.80 Å². The van der Waals surface area contributed by atoms with Gasteiger partial charge in [-0.3, -0.25) is 4.79 Å². The number of carbonyl (C=O) groups is 1. The van der Waals surface area contributed by atoms with E-state index in [-0.39, 0.29) is 5.78 Å². The predicted molar refractivity (Wildman–Crippen MR) is 108 cm³/mol. The number of likely N-dealkylation sites (tertiary alicyclic amines) is 1. The zero-order chi connectivity index (χ0) is 18.4. The summed E-state index contributed by atoms with van der Waals surface area (Å²) < 4.78 is 0. The summed E-state index contributed by atoms with van der Waals surface area (Å²) in [6.07, 6.45) is 9.24. The van der Waals surface area contributed by atoms with Crippen LogP contribution in [-0.2, 0) is 0 Å². The van der Waals surface area contributed by atoms with Crippen molar-refractivity contribution in [2.24, 2.45) is 0 Å². The smallest absolute Gasteiger partial charge is 0.211 e. The summed E-state index contributed by atoms with van der Waals surface area (Å²) in [5, 5.41) is 0.939. The Kier molecular flexibility index (Phi) is 4.10. The van der Waals surface area contributed by atoms with Gasteiger partial charge in [0.25, 0.3) is 0 Å². The Morgan fingerprint density at radius 2 is 1.52 bits per heavy atom. The van der Waals surface area contributed by atoms with Gasteiger partial charge >= 0.3 is 0 Å². The van der Waals surface area contributed by atoms with Crippen molar-refractivity contribution in [3.63, 3.8) is 0 Å². The van der Waals surface area contributed by atoms with E-state index in [0.717, 1.165) is 78.4 Å². The lowest BCUT2D eigenvalue weighted by molar-refractivity contribution is 0.0986. The second kappa shape index (κ2) is 6.63. The number of piperidine rings is 2. The van der Waals surface area contributed by atoms with E-state index in [4.69, 9.17) is 4.98 Å². The molecule has 0 amide bonds. The Labute approximate surface area is 160 Å². The first-order valence-corrected chi connectivity index (χ1v) is 10.3. The van der Waals surface area contributed by atoms with Gasteiger partial charge in [-0.1, -0.05) is 0 Å². The van der Waals surface area contributed by atoms with Crippen LogP contribution in [0.3, 0.4) is 0 Å². The first-order chi connectivity index (χ1) is 13.2. The molecule has 1 aromatic heterocycles. The summed E-state index contributed by atoms with van der Waals surface area (Å²) in [4.78, 5) is 27.6. The number of ketones is 1. The van der Waals surface area contributed by atoms with Crippen LogP contribution in [0.5, 0.6) is 0 Å². The molecule has 2 aromatic rings. The van der Waals surface area contributed by atoms with Gasteiger partial charge in [0.05, 0.1) is 22.5 Å². The number of anilines is 1. The van der Waals surface area contributed by atoms with E-state index in [0.29, 0.717) is 0 Å².